The molecule has 0 saturated heterocycles. The van der Waals surface area contributed by atoms with Crippen LogP contribution in [0.2, 0.25) is 0 Å². The van der Waals surface area contributed by atoms with Gasteiger partial charge in [0.05, 0.1) is 22.5 Å². The van der Waals surface area contributed by atoms with Gasteiger partial charge in [-0.05, 0) is 62.6 Å². The first-order valence-corrected chi connectivity index (χ1v) is 14.5. The van der Waals surface area contributed by atoms with Crippen molar-refractivity contribution in [3.8, 4) is 0 Å². The molecule has 1 aliphatic heterocycles. The van der Waals surface area contributed by atoms with Gasteiger partial charge in [-0.3, -0.25) is 14.3 Å². The first-order valence-electron chi connectivity index (χ1n) is 13.0. The number of hydrogen-bond acceptors (Lipinski definition) is 5. The van der Waals surface area contributed by atoms with Crippen molar-refractivity contribution >= 4 is 27.4 Å². The summed E-state index contributed by atoms with van der Waals surface area (Å²) in [5.41, 5.74) is 2.25. The number of hydrogen-bond donors (Lipinski definition) is 2. The van der Waals surface area contributed by atoms with Gasteiger partial charge in [0.15, 0.2) is 0 Å². The topological polar surface area (TPSA) is 110 Å². The zero-order valence-corrected chi connectivity index (χ0v) is 21.7. The van der Waals surface area contributed by atoms with Crippen molar-refractivity contribution in [3.63, 3.8) is 0 Å². The largest absolute Gasteiger partial charge is 0.342 e. The minimum atomic E-state index is -3.80. The van der Waals surface area contributed by atoms with E-state index in [0.29, 0.717) is 36.6 Å². The van der Waals surface area contributed by atoms with Crippen LogP contribution in [0.4, 0.5) is 0 Å². The van der Waals surface area contributed by atoms with E-state index >= 15 is 0 Å². The average molecular weight is 511 g/mol. The molecule has 3 aliphatic rings. The predicted molar refractivity (Wildman–Crippen MR) is 137 cm³/mol. The van der Waals surface area contributed by atoms with Crippen LogP contribution in [0.15, 0.2) is 42.1 Å². The minimum Gasteiger partial charge on any atom is -0.342 e. The summed E-state index contributed by atoms with van der Waals surface area (Å²) in [5.74, 6) is -1.47. The SMILES string of the molecule is CCCCCc1ccc([C@]2(C)CC(c3ccn(C4CC4)n3)=C(C(=O)NS(=O)(=O)C3CC3)C(=O)N2)cc1. The lowest BCUT2D eigenvalue weighted by atomic mass is 9.79. The molecule has 0 radical (unpaired) electrons. The summed E-state index contributed by atoms with van der Waals surface area (Å²) in [6, 6.07) is 10.4. The number of amides is 2. The highest BCUT2D eigenvalue weighted by atomic mass is 32.2. The Kier molecular flexibility index (Phi) is 6.53. The molecule has 1 atom stereocenters. The van der Waals surface area contributed by atoms with Crippen molar-refractivity contribution in [1.29, 1.82) is 0 Å². The van der Waals surface area contributed by atoms with Gasteiger partial charge in [-0.1, -0.05) is 44.0 Å². The number of rotatable bonds is 10. The summed E-state index contributed by atoms with van der Waals surface area (Å²) in [7, 11) is -3.80. The molecule has 1 aromatic carbocycles. The van der Waals surface area contributed by atoms with E-state index in [1.807, 2.05) is 36.0 Å². The van der Waals surface area contributed by atoms with E-state index in [0.717, 1.165) is 31.2 Å². The number of carbonyl (C=O) groups excluding carboxylic acids is 2. The van der Waals surface area contributed by atoms with E-state index in [-0.39, 0.29) is 5.57 Å². The zero-order valence-electron chi connectivity index (χ0n) is 20.9. The lowest BCUT2D eigenvalue weighted by Gasteiger charge is -2.37. The molecule has 9 heteroatoms. The van der Waals surface area contributed by atoms with E-state index < -0.39 is 32.6 Å². The second-order valence-electron chi connectivity index (χ2n) is 10.6. The monoisotopic (exact) mass is 510 g/mol. The lowest BCUT2D eigenvalue weighted by molar-refractivity contribution is -0.124. The number of nitrogens with zero attached hydrogens (tertiary/aromatic N) is 2. The Bertz CT molecular complexity index is 1300. The first-order chi connectivity index (χ1) is 17.2. The molecule has 0 unspecified atom stereocenters. The van der Waals surface area contributed by atoms with Crippen LogP contribution in [-0.4, -0.2) is 35.3 Å². The maximum Gasteiger partial charge on any atom is 0.270 e. The fourth-order valence-corrected chi connectivity index (χ4v) is 6.15. The summed E-state index contributed by atoms with van der Waals surface area (Å²) in [6.45, 7) is 4.12. The van der Waals surface area contributed by atoms with Crippen LogP contribution in [-0.2, 0) is 31.6 Å². The Morgan fingerprint density at radius 1 is 1.14 bits per heavy atom. The molecule has 2 fully saturated rings. The summed E-state index contributed by atoms with van der Waals surface area (Å²) >= 11 is 0. The molecule has 5 rings (SSSR count). The van der Waals surface area contributed by atoms with Gasteiger partial charge >= 0.3 is 0 Å². The Balaban J connectivity index is 1.47. The van der Waals surface area contributed by atoms with Crippen LogP contribution >= 0.6 is 0 Å². The molecule has 1 aromatic heterocycles. The third-order valence-electron chi connectivity index (χ3n) is 7.37. The van der Waals surface area contributed by atoms with Crippen LogP contribution in [0.3, 0.4) is 0 Å². The van der Waals surface area contributed by atoms with Crippen molar-refractivity contribution in [2.45, 2.75) is 88.5 Å². The summed E-state index contributed by atoms with van der Waals surface area (Å²) in [4.78, 5) is 26.6. The molecule has 2 amide bonds. The quantitative estimate of drug-likeness (QED) is 0.374. The standard InChI is InChI=1S/C27H34N4O4S/c1-3-4-5-6-18-7-9-19(10-8-18)27(2)17-22(23-15-16-31(29-23)20-11-12-20)24(25(32)28-27)26(33)30-36(34,35)21-13-14-21/h7-10,15-16,20-21H,3-6,11-14,17H2,1-2H3,(H,28,32)(H,30,33)/t27-/m0/s1. The van der Waals surface area contributed by atoms with Gasteiger partial charge in [-0.2, -0.15) is 5.10 Å². The number of sulfonamides is 1. The summed E-state index contributed by atoms with van der Waals surface area (Å²) in [5, 5.41) is 7.11. The van der Waals surface area contributed by atoms with Crippen LogP contribution in [0.1, 0.15) is 88.1 Å². The number of unbranched alkanes of at least 4 members (excludes halogenated alkanes) is 2. The number of aromatic nitrogens is 2. The second kappa shape index (κ2) is 9.50. The second-order valence-corrected chi connectivity index (χ2v) is 12.5. The van der Waals surface area contributed by atoms with Crippen molar-refractivity contribution in [2.24, 2.45) is 0 Å². The Hall–Kier alpha value is -2.94. The molecule has 8 nitrogen and oxygen atoms in total. The van der Waals surface area contributed by atoms with Crippen molar-refractivity contribution in [1.82, 2.24) is 19.8 Å². The molecule has 2 aliphatic carbocycles. The molecule has 2 N–H and O–H groups in total. The molecule has 2 heterocycles. The van der Waals surface area contributed by atoms with Gasteiger partial charge in [0.25, 0.3) is 11.8 Å². The molecule has 2 aromatic rings. The summed E-state index contributed by atoms with van der Waals surface area (Å²) in [6.07, 6.45) is 9.87. The smallest absolute Gasteiger partial charge is 0.270 e. The molecular weight excluding hydrogens is 476 g/mol. The molecule has 192 valence electrons. The van der Waals surface area contributed by atoms with Crippen LogP contribution in [0.5, 0.6) is 0 Å². The van der Waals surface area contributed by atoms with Crippen LogP contribution < -0.4 is 10.0 Å². The predicted octanol–water partition coefficient (Wildman–Crippen LogP) is 3.75. The fraction of sp³-hybridized carbons (Fsp3) is 0.519. The van der Waals surface area contributed by atoms with Crippen molar-refractivity contribution in [3.05, 3.63) is 58.9 Å². The maximum absolute atomic E-state index is 13.4. The van der Waals surface area contributed by atoms with Crippen LogP contribution in [0.25, 0.3) is 5.57 Å². The van der Waals surface area contributed by atoms with E-state index in [1.54, 1.807) is 0 Å². The lowest BCUT2D eigenvalue weighted by Crippen LogP contribution is -2.51. The fourth-order valence-electron chi connectivity index (χ4n) is 4.87. The van der Waals surface area contributed by atoms with Crippen molar-refractivity contribution in [2.75, 3.05) is 0 Å². The highest BCUT2D eigenvalue weighted by molar-refractivity contribution is 7.91. The van der Waals surface area contributed by atoms with Gasteiger partial charge in [0, 0.05) is 18.2 Å². The highest BCUT2D eigenvalue weighted by Crippen LogP contribution is 2.40. The number of aryl methyl sites for hydroxylation is 1. The van der Waals surface area contributed by atoms with Gasteiger partial charge in [-0.25, -0.2) is 13.1 Å². The number of benzene rings is 1. The van der Waals surface area contributed by atoms with Gasteiger partial charge < -0.3 is 5.32 Å². The third-order valence-corrected chi connectivity index (χ3v) is 9.19. The third kappa shape index (κ3) is 5.12. The Morgan fingerprint density at radius 2 is 1.86 bits per heavy atom. The molecule has 36 heavy (non-hydrogen) atoms. The highest BCUT2D eigenvalue weighted by Gasteiger charge is 2.43. The van der Waals surface area contributed by atoms with Gasteiger partial charge in [0.2, 0.25) is 10.0 Å². The number of nitrogens with one attached hydrogen (secondary N) is 2. The molecule has 0 spiro atoms. The van der Waals surface area contributed by atoms with E-state index in [2.05, 4.69) is 34.2 Å². The number of carbonyl (C=O) groups is 2. The minimum absolute atomic E-state index is 0.172. The Labute approximate surface area is 212 Å². The molecular formula is C27H34N4O4S. The maximum atomic E-state index is 13.4. The first kappa shape index (κ1) is 24.7. The average Bonchev–Trinajstić information content (AvgIpc) is 3.77. The summed E-state index contributed by atoms with van der Waals surface area (Å²) < 4.78 is 28.9. The van der Waals surface area contributed by atoms with E-state index in [4.69, 9.17) is 0 Å². The zero-order chi connectivity index (χ0) is 25.5. The van der Waals surface area contributed by atoms with E-state index in [1.165, 1.54) is 18.4 Å². The van der Waals surface area contributed by atoms with Crippen molar-refractivity contribution < 1.29 is 18.0 Å². The molecule has 2 saturated carbocycles. The van der Waals surface area contributed by atoms with E-state index in [9.17, 15) is 18.0 Å². The normalized spacial score (nSPS) is 22.4. The Morgan fingerprint density at radius 3 is 2.50 bits per heavy atom. The van der Waals surface area contributed by atoms with Gasteiger partial charge in [-0.15, -0.1) is 0 Å². The van der Waals surface area contributed by atoms with Gasteiger partial charge in [0.1, 0.15) is 5.57 Å². The van der Waals surface area contributed by atoms with Crippen LogP contribution in [0, 0.1) is 0 Å². The molecule has 0 bridgehead atoms.